The Morgan fingerprint density at radius 2 is 2.41 bits per heavy atom. The van der Waals surface area contributed by atoms with Crippen LogP contribution in [0.15, 0.2) is 36.5 Å². The quantitative estimate of drug-likeness (QED) is 0.592. The van der Waals surface area contributed by atoms with Crippen molar-refractivity contribution in [2.24, 2.45) is 11.8 Å². The van der Waals surface area contributed by atoms with Crippen molar-refractivity contribution in [3.05, 3.63) is 36.5 Å². The van der Waals surface area contributed by atoms with Crippen molar-refractivity contribution in [1.82, 2.24) is 0 Å². The van der Waals surface area contributed by atoms with Crippen LogP contribution in [0.25, 0.3) is 0 Å². The molecule has 0 saturated heterocycles. The molecule has 1 aliphatic carbocycles. The van der Waals surface area contributed by atoms with Gasteiger partial charge >= 0.3 is 0 Å². The van der Waals surface area contributed by atoms with Crippen LogP contribution < -0.4 is 0 Å². The zero-order chi connectivity index (χ0) is 12.7. The van der Waals surface area contributed by atoms with Crippen molar-refractivity contribution < 1.29 is 4.79 Å². The molecule has 17 heavy (non-hydrogen) atoms. The van der Waals surface area contributed by atoms with Gasteiger partial charge in [0.05, 0.1) is 0 Å². The SMILES string of the molecule is C=CC(=O)C(C)CCCC1=CCC(CC)C=C1. The van der Waals surface area contributed by atoms with Crippen LogP contribution in [0.2, 0.25) is 0 Å². The summed E-state index contributed by atoms with van der Waals surface area (Å²) in [5.41, 5.74) is 1.44. The molecule has 0 radical (unpaired) electrons. The van der Waals surface area contributed by atoms with E-state index in [0.29, 0.717) is 0 Å². The molecular formula is C16H24O. The van der Waals surface area contributed by atoms with Gasteiger partial charge in [-0.1, -0.05) is 44.2 Å². The molecule has 2 atom stereocenters. The van der Waals surface area contributed by atoms with Gasteiger partial charge in [0.2, 0.25) is 0 Å². The average Bonchev–Trinajstić information content (AvgIpc) is 2.38. The van der Waals surface area contributed by atoms with Crippen molar-refractivity contribution >= 4 is 5.78 Å². The highest BCUT2D eigenvalue weighted by atomic mass is 16.1. The fraction of sp³-hybridized carbons (Fsp3) is 0.562. The molecule has 0 aromatic rings. The van der Waals surface area contributed by atoms with Crippen LogP contribution >= 0.6 is 0 Å². The summed E-state index contributed by atoms with van der Waals surface area (Å²) >= 11 is 0. The van der Waals surface area contributed by atoms with Crippen molar-refractivity contribution in [2.45, 2.75) is 46.0 Å². The lowest BCUT2D eigenvalue weighted by Gasteiger charge is -2.14. The Morgan fingerprint density at radius 1 is 1.65 bits per heavy atom. The first kappa shape index (κ1) is 14.0. The highest BCUT2D eigenvalue weighted by Gasteiger charge is 2.10. The Hall–Kier alpha value is -1.11. The number of hydrogen-bond donors (Lipinski definition) is 0. The van der Waals surface area contributed by atoms with E-state index in [9.17, 15) is 4.79 Å². The standard InChI is InChI=1S/C16H24O/c1-4-14-9-11-15(12-10-14)8-6-7-13(3)16(17)5-2/h5,9,11-14H,2,4,6-8,10H2,1,3H3. The first-order valence-corrected chi connectivity index (χ1v) is 6.70. The molecule has 0 N–H and O–H groups in total. The Kier molecular flexibility index (Phi) is 5.96. The van der Waals surface area contributed by atoms with Crippen molar-refractivity contribution in [3.63, 3.8) is 0 Å². The first-order chi connectivity index (χ1) is 8.17. The summed E-state index contributed by atoms with van der Waals surface area (Å²) in [6.45, 7) is 7.75. The molecule has 0 aromatic carbocycles. The first-order valence-electron chi connectivity index (χ1n) is 6.70. The van der Waals surface area contributed by atoms with E-state index in [1.807, 2.05) is 6.92 Å². The summed E-state index contributed by atoms with van der Waals surface area (Å²) < 4.78 is 0. The zero-order valence-corrected chi connectivity index (χ0v) is 11.1. The number of hydrogen-bond acceptors (Lipinski definition) is 1. The van der Waals surface area contributed by atoms with Gasteiger partial charge in [-0.2, -0.15) is 0 Å². The van der Waals surface area contributed by atoms with Crippen LogP contribution in [-0.2, 0) is 4.79 Å². The summed E-state index contributed by atoms with van der Waals surface area (Å²) in [5.74, 6) is 1.04. The third-order valence-electron chi connectivity index (χ3n) is 3.58. The molecule has 1 aliphatic rings. The van der Waals surface area contributed by atoms with E-state index in [1.54, 1.807) is 0 Å². The highest BCUT2D eigenvalue weighted by Crippen LogP contribution is 2.23. The lowest BCUT2D eigenvalue weighted by atomic mass is 9.91. The second kappa shape index (κ2) is 7.26. The summed E-state index contributed by atoms with van der Waals surface area (Å²) in [7, 11) is 0. The minimum atomic E-state index is 0.129. The van der Waals surface area contributed by atoms with E-state index in [1.165, 1.54) is 24.5 Å². The van der Waals surface area contributed by atoms with Gasteiger partial charge in [-0.25, -0.2) is 0 Å². The largest absolute Gasteiger partial charge is 0.295 e. The number of rotatable bonds is 7. The number of ketones is 1. The maximum Gasteiger partial charge on any atom is 0.157 e. The van der Waals surface area contributed by atoms with Crippen LogP contribution in [0.4, 0.5) is 0 Å². The maximum absolute atomic E-state index is 11.3. The predicted octanol–water partition coefficient (Wildman–Crippen LogP) is 4.46. The lowest BCUT2D eigenvalue weighted by molar-refractivity contribution is -0.117. The van der Waals surface area contributed by atoms with E-state index >= 15 is 0 Å². The zero-order valence-electron chi connectivity index (χ0n) is 11.1. The van der Waals surface area contributed by atoms with Gasteiger partial charge in [-0.05, 0) is 44.1 Å². The Balaban J connectivity index is 2.24. The Labute approximate surface area is 105 Å². The summed E-state index contributed by atoms with van der Waals surface area (Å²) in [6.07, 6.45) is 14.0. The van der Waals surface area contributed by atoms with E-state index < -0.39 is 0 Å². The smallest absolute Gasteiger partial charge is 0.157 e. The summed E-state index contributed by atoms with van der Waals surface area (Å²) in [5, 5.41) is 0. The highest BCUT2D eigenvalue weighted by molar-refractivity contribution is 5.90. The van der Waals surface area contributed by atoms with E-state index in [4.69, 9.17) is 0 Å². The van der Waals surface area contributed by atoms with E-state index in [2.05, 4.69) is 31.7 Å². The number of allylic oxidation sites excluding steroid dienone is 5. The Morgan fingerprint density at radius 3 is 2.94 bits per heavy atom. The molecule has 0 fully saturated rings. The van der Waals surface area contributed by atoms with Crippen LogP contribution in [0.3, 0.4) is 0 Å². The van der Waals surface area contributed by atoms with Gasteiger partial charge in [0, 0.05) is 5.92 Å². The second-order valence-corrected chi connectivity index (χ2v) is 4.94. The molecule has 1 nitrogen and oxygen atoms in total. The van der Waals surface area contributed by atoms with Crippen molar-refractivity contribution in [1.29, 1.82) is 0 Å². The van der Waals surface area contributed by atoms with Crippen molar-refractivity contribution in [2.75, 3.05) is 0 Å². The van der Waals surface area contributed by atoms with E-state index in [-0.39, 0.29) is 11.7 Å². The molecule has 0 spiro atoms. The summed E-state index contributed by atoms with van der Waals surface area (Å²) in [4.78, 5) is 11.3. The topological polar surface area (TPSA) is 17.1 Å². The second-order valence-electron chi connectivity index (χ2n) is 4.94. The fourth-order valence-corrected chi connectivity index (χ4v) is 2.15. The minimum Gasteiger partial charge on any atom is -0.295 e. The third kappa shape index (κ3) is 4.72. The van der Waals surface area contributed by atoms with Crippen LogP contribution in [0.1, 0.15) is 46.0 Å². The molecule has 1 heteroatoms. The fourth-order valence-electron chi connectivity index (χ4n) is 2.15. The van der Waals surface area contributed by atoms with Gasteiger partial charge in [-0.3, -0.25) is 4.79 Å². The van der Waals surface area contributed by atoms with Gasteiger partial charge < -0.3 is 0 Å². The molecule has 0 bridgehead atoms. The molecule has 94 valence electrons. The van der Waals surface area contributed by atoms with Gasteiger partial charge in [0.25, 0.3) is 0 Å². The monoisotopic (exact) mass is 232 g/mol. The number of carbonyl (C=O) groups excluding carboxylic acids is 1. The molecule has 2 unspecified atom stereocenters. The molecule has 0 saturated carbocycles. The summed E-state index contributed by atoms with van der Waals surface area (Å²) in [6, 6.07) is 0. The molecular weight excluding hydrogens is 208 g/mol. The minimum absolute atomic E-state index is 0.129. The average molecular weight is 232 g/mol. The van der Waals surface area contributed by atoms with Crippen LogP contribution in [0.5, 0.6) is 0 Å². The Bertz CT molecular complexity index is 322. The lowest BCUT2D eigenvalue weighted by Crippen LogP contribution is -2.07. The normalized spacial score (nSPS) is 20.8. The van der Waals surface area contributed by atoms with Gasteiger partial charge in [0.15, 0.2) is 5.78 Å². The van der Waals surface area contributed by atoms with Gasteiger partial charge in [-0.15, -0.1) is 0 Å². The molecule has 0 amide bonds. The number of carbonyl (C=O) groups is 1. The third-order valence-corrected chi connectivity index (χ3v) is 3.58. The molecule has 0 aromatic heterocycles. The van der Waals surface area contributed by atoms with Crippen LogP contribution in [-0.4, -0.2) is 5.78 Å². The molecule has 0 heterocycles. The molecule has 1 rings (SSSR count). The molecule has 0 aliphatic heterocycles. The van der Waals surface area contributed by atoms with Crippen LogP contribution in [0, 0.1) is 11.8 Å². The maximum atomic E-state index is 11.3. The van der Waals surface area contributed by atoms with Gasteiger partial charge in [0.1, 0.15) is 0 Å². The van der Waals surface area contributed by atoms with Crippen molar-refractivity contribution in [3.8, 4) is 0 Å². The predicted molar refractivity (Wildman–Crippen MR) is 73.8 cm³/mol. The van der Waals surface area contributed by atoms with E-state index in [0.717, 1.165) is 25.2 Å².